The molecular formula is C19H27N3O5S. The zero-order chi connectivity index (χ0) is 20.4. The van der Waals surface area contributed by atoms with Gasteiger partial charge in [-0.05, 0) is 31.2 Å². The number of rotatable bonds is 8. The minimum Gasteiger partial charge on any atom is -0.451 e. The van der Waals surface area contributed by atoms with Gasteiger partial charge in [0.25, 0.3) is 11.8 Å². The maximum absolute atomic E-state index is 12.2. The predicted octanol–water partition coefficient (Wildman–Crippen LogP) is 1.36. The van der Waals surface area contributed by atoms with Crippen LogP contribution >= 0.6 is 11.3 Å². The normalized spacial score (nSPS) is 15.8. The molecule has 154 valence electrons. The summed E-state index contributed by atoms with van der Waals surface area (Å²) in [4.78, 5) is 48.0. The van der Waals surface area contributed by atoms with Crippen molar-refractivity contribution in [2.24, 2.45) is 0 Å². The maximum Gasteiger partial charge on any atom is 0.326 e. The monoisotopic (exact) mass is 409 g/mol. The van der Waals surface area contributed by atoms with Gasteiger partial charge in [0.15, 0.2) is 6.10 Å². The number of nitrogens with one attached hydrogen (secondary N) is 3. The highest BCUT2D eigenvalue weighted by Gasteiger charge is 2.22. The van der Waals surface area contributed by atoms with E-state index in [9.17, 15) is 19.2 Å². The Kier molecular flexibility index (Phi) is 8.93. The van der Waals surface area contributed by atoms with Crippen LogP contribution in [0.4, 0.5) is 0 Å². The van der Waals surface area contributed by atoms with E-state index in [2.05, 4.69) is 16.0 Å². The molecule has 0 bridgehead atoms. The molecule has 3 amide bonds. The van der Waals surface area contributed by atoms with Gasteiger partial charge in [-0.1, -0.05) is 31.7 Å². The van der Waals surface area contributed by atoms with Crippen molar-refractivity contribution < 1.29 is 23.9 Å². The first kappa shape index (κ1) is 21.9. The van der Waals surface area contributed by atoms with Crippen LogP contribution in [0.15, 0.2) is 17.5 Å². The number of carbonyl (C=O) groups is 4. The fourth-order valence-corrected chi connectivity index (χ4v) is 3.56. The zero-order valence-corrected chi connectivity index (χ0v) is 16.8. The van der Waals surface area contributed by atoms with Gasteiger partial charge in [-0.15, -0.1) is 11.3 Å². The van der Waals surface area contributed by atoms with Gasteiger partial charge in [0.2, 0.25) is 5.91 Å². The lowest BCUT2D eigenvalue weighted by atomic mass is 10.1. The fourth-order valence-electron chi connectivity index (χ4n) is 2.92. The van der Waals surface area contributed by atoms with Gasteiger partial charge < -0.3 is 20.7 Å². The van der Waals surface area contributed by atoms with Gasteiger partial charge in [-0.2, -0.15) is 0 Å². The molecule has 1 heterocycles. The van der Waals surface area contributed by atoms with E-state index in [0.717, 1.165) is 25.7 Å². The molecule has 0 radical (unpaired) electrons. The lowest BCUT2D eigenvalue weighted by Gasteiger charge is -2.19. The molecule has 0 spiro atoms. The Morgan fingerprint density at radius 2 is 1.82 bits per heavy atom. The molecule has 2 rings (SSSR count). The van der Waals surface area contributed by atoms with Gasteiger partial charge >= 0.3 is 5.97 Å². The second-order valence-corrected chi connectivity index (χ2v) is 7.71. The first-order valence-electron chi connectivity index (χ1n) is 9.54. The largest absolute Gasteiger partial charge is 0.451 e. The highest BCUT2D eigenvalue weighted by molar-refractivity contribution is 7.12. The van der Waals surface area contributed by atoms with Crippen molar-refractivity contribution in [3.8, 4) is 0 Å². The molecule has 1 aliphatic carbocycles. The third-order valence-electron chi connectivity index (χ3n) is 4.46. The van der Waals surface area contributed by atoms with Crippen LogP contribution in [0.5, 0.6) is 0 Å². The van der Waals surface area contributed by atoms with Crippen LogP contribution in [-0.4, -0.2) is 48.9 Å². The third-order valence-corrected chi connectivity index (χ3v) is 5.33. The van der Waals surface area contributed by atoms with Crippen LogP contribution in [0, 0.1) is 0 Å². The lowest BCUT2D eigenvalue weighted by molar-refractivity contribution is -0.154. The fraction of sp³-hybridized carbons (Fsp3) is 0.579. The van der Waals surface area contributed by atoms with Crippen molar-refractivity contribution in [1.82, 2.24) is 16.0 Å². The molecule has 1 atom stereocenters. The van der Waals surface area contributed by atoms with Crippen LogP contribution in [0.25, 0.3) is 0 Å². The van der Waals surface area contributed by atoms with Crippen LogP contribution in [0.1, 0.15) is 55.1 Å². The molecule has 1 aliphatic rings. The predicted molar refractivity (Wildman–Crippen MR) is 105 cm³/mol. The quantitative estimate of drug-likeness (QED) is 0.443. The summed E-state index contributed by atoms with van der Waals surface area (Å²) in [5.41, 5.74) is 0. The van der Waals surface area contributed by atoms with E-state index in [4.69, 9.17) is 4.74 Å². The molecular weight excluding hydrogens is 382 g/mol. The van der Waals surface area contributed by atoms with E-state index in [0.29, 0.717) is 4.88 Å². The van der Waals surface area contributed by atoms with Crippen LogP contribution in [-0.2, 0) is 19.1 Å². The van der Waals surface area contributed by atoms with E-state index in [1.54, 1.807) is 17.5 Å². The van der Waals surface area contributed by atoms with Crippen molar-refractivity contribution in [1.29, 1.82) is 0 Å². The van der Waals surface area contributed by atoms with E-state index >= 15 is 0 Å². The molecule has 8 nitrogen and oxygen atoms in total. The van der Waals surface area contributed by atoms with Crippen molar-refractivity contribution in [2.75, 3.05) is 13.1 Å². The summed E-state index contributed by atoms with van der Waals surface area (Å²) >= 11 is 1.27. The van der Waals surface area contributed by atoms with Crippen molar-refractivity contribution in [3.05, 3.63) is 22.4 Å². The minimum atomic E-state index is -0.925. The second kappa shape index (κ2) is 11.4. The molecule has 28 heavy (non-hydrogen) atoms. The van der Waals surface area contributed by atoms with Gasteiger partial charge in [-0.25, -0.2) is 0 Å². The Balaban J connectivity index is 1.63. The van der Waals surface area contributed by atoms with Crippen molar-refractivity contribution in [2.45, 2.75) is 57.6 Å². The smallest absolute Gasteiger partial charge is 0.326 e. The standard InChI is InChI=1S/C19H27N3O5S/c1-13(18(25)22-14-7-4-2-3-5-8-14)27-17(24)12-20-16(23)11-21-19(26)15-9-6-10-28-15/h6,9-10,13-14H,2-5,7-8,11-12H2,1H3,(H,20,23)(H,21,26)(H,22,25)/t13-/m0/s1. The van der Waals surface area contributed by atoms with Crippen LogP contribution < -0.4 is 16.0 Å². The van der Waals surface area contributed by atoms with Crippen molar-refractivity contribution >= 4 is 35.0 Å². The number of ether oxygens (including phenoxy) is 1. The first-order chi connectivity index (χ1) is 13.5. The Morgan fingerprint density at radius 1 is 1.11 bits per heavy atom. The van der Waals surface area contributed by atoms with E-state index in [-0.39, 0.29) is 30.9 Å². The summed E-state index contributed by atoms with van der Waals surface area (Å²) in [5.74, 6) is -1.90. The Morgan fingerprint density at radius 3 is 2.46 bits per heavy atom. The minimum absolute atomic E-state index is 0.128. The molecule has 9 heteroatoms. The van der Waals surface area contributed by atoms with E-state index in [1.807, 2.05) is 0 Å². The summed E-state index contributed by atoms with van der Waals surface area (Å²) in [7, 11) is 0. The third kappa shape index (κ3) is 7.67. The van der Waals surface area contributed by atoms with Gasteiger partial charge in [0.05, 0.1) is 11.4 Å². The highest BCUT2D eigenvalue weighted by atomic mass is 32.1. The lowest BCUT2D eigenvalue weighted by Crippen LogP contribution is -2.44. The summed E-state index contributed by atoms with van der Waals surface area (Å²) < 4.78 is 5.07. The average molecular weight is 410 g/mol. The Bertz CT molecular complexity index is 669. The number of hydrogen-bond acceptors (Lipinski definition) is 6. The number of amides is 3. The first-order valence-corrected chi connectivity index (χ1v) is 10.4. The zero-order valence-electron chi connectivity index (χ0n) is 16.0. The van der Waals surface area contributed by atoms with Crippen LogP contribution in [0.3, 0.4) is 0 Å². The topological polar surface area (TPSA) is 114 Å². The molecule has 1 aromatic rings. The number of esters is 1. The van der Waals surface area contributed by atoms with Crippen molar-refractivity contribution in [3.63, 3.8) is 0 Å². The molecule has 1 aromatic heterocycles. The number of thiophene rings is 1. The number of hydrogen-bond donors (Lipinski definition) is 3. The molecule has 0 aliphatic heterocycles. The highest BCUT2D eigenvalue weighted by Crippen LogP contribution is 2.17. The van der Waals surface area contributed by atoms with Gasteiger partial charge in [0, 0.05) is 6.04 Å². The summed E-state index contributed by atoms with van der Waals surface area (Å²) in [6, 6.07) is 3.52. The SMILES string of the molecule is C[C@H](OC(=O)CNC(=O)CNC(=O)c1cccs1)C(=O)NC1CCCCCC1. The van der Waals surface area contributed by atoms with Gasteiger partial charge in [0.1, 0.15) is 6.54 Å². The average Bonchev–Trinajstić information content (AvgIpc) is 3.10. The van der Waals surface area contributed by atoms with E-state index < -0.39 is 18.0 Å². The summed E-state index contributed by atoms with van der Waals surface area (Å²) in [6.07, 6.45) is 5.52. The Labute approximate surface area is 168 Å². The van der Waals surface area contributed by atoms with Gasteiger partial charge in [-0.3, -0.25) is 19.2 Å². The molecule has 0 saturated heterocycles. The second-order valence-electron chi connectivity index (χ2n) is 6.77. The van der Waals surface area contributed by atoms with E-state index in [1.165, 1.54) is 31.1 Å². The molecule has 1 fully saturated rings. The summed E-state index contributed by atoms with van der Waals surface area (Å²) in [6.45, 7) is 0.892. The molecule has 0 aromatic carbocycles. The molecule has 0 unspecified atom stereocenters. The molecule has 3 N–H and O–H groups in total. The Hall–Kier alpha value is -2.42. The maximum atomic E-state index is 12.2. The molecule has 1 saturated carbocycles. The number of carbonyl (C=O) groups excluding carboxylic acids is 4. The summed E-state index contributed by atoms with van der Waals surface area (Å²) in [5, 5.41) is 9.51. The van der Waals surface area contributed by atoms with Crippen LogP contribution in [0.2, 0.25) is 0 Å².